The first kappa shape index (κ1) is 10.4. The van der Waals surface area contributed by atoms with E-state index in [9.17, 15) is 8.42 Å². The predicted molar refractivity (Wildman–Crippen MR) is 57.0 cm³/mol. The van der Waals surface area contributed by atoms with E-state index in [0.717, 1.165) is 19.5 Å². The lowest BCUT2D eigenvalue weighted by Gasteiger charge is -2.21. The first-order valence-electron chi connectivity index (χ1n) is 5.49. The van der Waals surface area contributed by atoms with Crippen molar-refractivity contribution in [2.45, 2.75) is 26.2 Å². The second-order valence-electron chi connectivity index (χ2n) is 4.74. The molecule has 4 heteroatoms. The van der Waals surface area contributed by atoms with Crippen molar-refractivity contribution in [2.24, 2.45) is 11.3 Å². The minimum Gasteiger partial charge on any atom is -0.316 e. The summed E-state index contributed by atoms with van der Waals surface area (Å²) >= 11 is 0. The van der Waals surface area contributed by atoms with Crippen LogP contribution in [-0.2, 0) is 9.84 Å². The zero-order valence-corrected chi connectivity index (χ0v) is 9.57. The molecule has 2 rings (SSSR count). The maximum Gasteiger partial charge on any atom is 0.150 e. The standard InChI is InChI=1S/C10H19NO2S/c1-2-11-8-10(4-5-10)9-3-6-14(12,13)7-9/h9,11H,2-8H2,1H3. The minimum absolute atomic E-state index is 0.347. The maximum atomic E-state index is 11.4. The Balaban J connectivity index is 1.96. The largest absolute Gasteiger partial charge is 0.316 e. The van der Waals surface area contributed by atoms with Gasteiger partial charge in [0.2, 0.25) is 0 Å². The zero-order chi connectivity index (χ0) is 10.2. The molecule has 0 amide bonds. The van der Waals surface area contributed by atoms with Crippen LogP contribution in [0.1, 0.15) is 26.2 Å². The Hall–Kier alpha value is -0.0900. The van der Waals surface area contributed by atoms with Crippen LogP contribution in [0, 0.1) is 11.3 Å². The van der Waals surface area contributed by atoms with Gasteiger partial charge in [-0.3, -0.25) is 0 Å². The Morgan fingerprint density at radius 3 is 2.57 bits per heavy atom. The molecule has 1 atom stereocenters. The van der Waals surface area contributed by atoms with Crippen molar-refractivity contribution in [3.63, 3.8) is 0 Å². The average Bonchev–Trinajstić information content (AvgIpc) is 2.83. The van der Waals surface area contributed by atoms with Crippen molar-refractivity contribution in [1.29, 1.82) is 0 Å². The summed E-state index contributed by atoms with van der Waals surface area (Å²) in [6.07, 6.45) is 3.34. The number of nitrogens with one attached hydrogen (secondary N) is 1. The molecule has 2 aliphatic rings. The second kappa shape index (κ2) is 3.49. The van der Waals surface area contributed by atoms with Gasteiger partial charge in [0.05, 0.1) is 11.5 Å². The van der Waals surface area contributed by atoms with Gasteiger partial charge in [-0.15, -0.1) is 0 Å². The van der Waals surface area contributed by atoms with Crippen molar-refractivity contribution >= 4 is 9.84 Å². The first-order valence-corrected chi connectivity index (χ1v) is 7.31. The van der Waals surface area contributed by atoms with E-state index in [0.29, 0.717) is 22.8 Å². The Morgan fingerprint density at radius 1 is 1.43 bits per heavy atom. The van der Waals surface area contributed by atoms with Crippen LogP contribution < -0.4 is 5.32 Å². The lowest BCUT2D eigenvalue weighted by Crippen LogP contribution is -2.30. The molecule has 1 heterocycles. The SMILES string of the molecule is CCNCC1(C2CCS(=O)(=O)C2)CC1. The van der Waals surface area contributed by atoms with E-state index in [1.807, 2.05) is 0 Å². The van der Waals surface area contributed by atoms with Crippen LogP contribution in [-0.4, -0.2) is 33.0 Å². The average molecular weight is 217 g/mol. The normalized spacial score (nSPS) is 33.1. The number of hydrogen-bond acceptors (Lipinski definition) is 3. The van der Waals surface area contributed by atoms with Crippen molar-refractivity contribution in [3.8, 4) is 0 Å². The smallest absolute Gasteiger partial charge is 0.150 e. The fourth-order valence-corrected chi connectivity index (χ4v) is 4.49. The minimum atomic E-state index is -2.69. The molecule has 1 aliphatic carbocycles. The summed E-state index contributed by atoms with van der Waals surface area (Å²) in [5.74, 6) is 1.30. The fraction of sp³-hybridized carbons (Fsp3) is 1.00. The van der Waals surface area contributed by atoms with E-state index in [-0.39, 0.29) is 0 Å². The molecule has 2 fully saturated rings. The van der Waals surface area contributed by atoms with Crippen LogP contribution in [0.25, 0.3) is 0 Å². The molecule has 1 aliphatic heterocycles. The summed E-state index contributed by atoms with van der Waals surface area (Å²) in [6.45, 7) is 4.10. The third-order valence-electron chi connectivity index (χ3n) is 3.72. The summed E-state index contributed by atoms with van der Waals surface area (Å²) in [4.78, 5) is 0. The van der Waals surface area contributed by atoms with Crippen LogP contribution in [0.2, 0.25) is 0 Å². The van der Waals surface area contributed by atoms with Gasteiger partial charge in [-0.05, 0) is 37.1 Å². The summed E-state index contributed by atoms with van der Waals surface area (Å²) in [7, 11) is -2.69. The predicted octanol–water partition coefficient (Wildman–Crippen LogP) is 0.811. The van der Waals surface area contributed by atoms with Gasteiger partial charge >= 0.3 is 0 Å². The molecular formula is C10H19NO2S. The van der Waals surface area contributed by atoms with Crippen LogP contribution >= 0.6 is 0 Å². The Kier molecular flexibility index (Phi) is 2.60. The summed E-state index contributed by atoms with van der Waals surface area (Å²) in [5, 5.41) is 3.36. The summed E-state index contributed by atoms with van der Waals surface area (Å²) < 4.78 is 22.7. The molecule has 82 valence electrons. The molecule has 0 aromatic rings. The topological polar surface area (TPSA) is 46.2 Å². The fourth-order valence-electron chi connectivity index (χ4n) is 2.54. The first-order chi connectivity index (χ1) is 6.58. The highest BCUT2D eigenvalue weighted by atomic mass is 32.2. The summed E-state index contributed by atoms with van der Waals surface area (Å²) in [5.41, 5.74) is 0.347. The van der Waals surface area contributed by atoms with Gasteiger partial charge in [0.25, 0.3) is 0 Å². The van der Waals surface area contributed by atoms with Crippen LogP contribution in [0.15, 0.2) is 0 Å². The van der Waals surface area contributed by atoms with Crippen molar-refractivity contribution < 1.29 is 8.42 Å². The van der Waals surface area contributed by atoms with Gasteiger partial charge < -0.3 is 5.32 Å². The maximum absolute atomic E-state index is 11.4. The van der Waals surface area contributed by atoms with E-state index in [2.05, 4.69) is 12.2 Å². The van der Waals surface area contributed by atoms with Crippen molar-refractivity contribution in [3.05, 3.63) is 0 Å². The van der Waals surface area contributed by atoms with Gasteiger partial charge in [-0.1, -0.05) is 6.92 Å². The van der Waals surface area contributed by atoms with Gasteiger partial charge in [0.15, 0.2) is 9.84 Å². The van der Waals surface area contributed by atoms with Crippen molar-refractivity contribution in [2.75, 3.05) is 24.6 Å². The summed E-state index contributed by atoms with van der Waals surface area (Å²) in [6, 6.07) is 0. The molecule has 1 N–H and O–H groups in total. The molecule has 3 nitrogen and oxygen atoms in total. The third kappa shape index (κ3) is 1.96. The van der Waals surface area contributed by atoms with Gasteiger partial charge in [-0.2, -0.15) is 0 Å². The van der Waals surface area contributed by atoms with E-state index >= 15 is 0 Å². The quantitative estimate of drug-likeness (QED) is 0.758. The van der Waals surface area contributed by atoms with Gasteiger partial charge in [0, 0.05) is 6.54 Å². The van der Waals surface area contributed by atoms with E-state index in [1.165, 1.54) is 12.8 Å². The van der Waals surface area contributed by atoms with Gasteiger partial charge in [-0.25, -0.2) is 8.42 Å². The lowest BCUT2D eigenvalue weighted by molar-refractivity contribution is 0.324. The highest BCUT2D eigenvalue weighted by Crippen LogP contribution is 2.54. The van der Waals surface area contributed by atoms with E-state index < -0.39 is 9.84 Å². The molecule has 14 heavy (non-hydrogen) atoms. The van der Waals surface area contributed by atoms with Crippen LogP contribution in [0.3, 0.4) is 0 Å². The molecule has 1 saturated carbocycles. The third-order valence-corrected chi connectivity index (χ3v) is 5.49. The van der Waals surface area contributed by atoms with Crippen LogP contribution in [0.5, 0.6) is 0 Å². The van der Waals surface area contributed by atoms with E-state index in [4.69, 9.17) is 0 Å². The van der Waals surface area contributed by atoms with E-state index in [1.54, 1.807) is 0 Å². The Labute approximate surface area is 86.2 Å². The monoisotopic (exact) mass is 217 g/mol. The van der Waals surface area contributed by atoms with Crippen molar-refractivity contribution in [1.82, 2.24) is 5.32 Å². The molecule has 1 unspecified atom stereocenters. The number of sulfone groups is 1. The lowest BCUT2D eigenvalue weighted by atomic mass is 9.88. The Bertz CT molecular complexity index is 306. The molecular weight excluding hydrogens is 198 g/mol. The highest BCUT2D eigenvalue weighted by Gasteiger charge is 2.51. The number of rotatable bonds is 4. The Morgan fingerprint density at radius 2 is 2.14 bits per heavy atom. The molecule has 0 spiro atoms. The molecule has 0 radical (unpaired) electrons. The molecule has 0 aromatic heterocycles. The molecule has 0 aromatic carbocycles. The molecule has 1 saturated heterocycles. The van der Waals surface area contributed by atoms with Crippen LogP contribution in [0.4, 0.5) is 0 Å². The zero-order valence-electron chi connectivity index (χ0n) is 8.75. The highest BCUT2D eigenvalue weighted by molar-refractivity contribution is 7.91. The second-order valence-corrected chi connectivity index (χ2v) is 6.97. The number of hydrogen-bond donors (Lipinski definition) is 1. The molecule has 0 bridgehead atoms. The van der Waals surface area contributed by atoms with Gasteiger partial charge in [0.1, 0.15) is 0 Å².